The number of hydrogen-bond donors (Lipinski definition) is 1. The molecule has 0 unspecified atom stereocenters. The Morgan fingerprint density at radius 1 is 0.900 bits per heavy atom. The van der Waals surface area contributed by atoms with Crippen LogP contribution in [-0.2, 0) is 26.2 Å². The van der Waals surface area contributed by atoms with Crippen LogP contribution < -0.4 is 9.62 Å². The Kier molecular flexibility index (Phi) is 11.3. The van der Waals surface area contributed by atoms with Gasteiger partial charge in [-0.3, -0.25) is 13.9 Å². The molecule has 3 aromatic rings. The standard InChI is InChI=1S/C29H32Cl3N3O4S/c1-4-26(29(37)33-17-20(2)3)34(18-21-10-8-9-13-24(21)31)28(36)19-35(27-15-14-22(30)16-25(27)32)40(38,39)23-11-6-5-7-12-23/h5-16,20,26H,4,17-19H2,1-3H3,(H,33,37)/t26-/m1/s1. The summed E-state index contributed by atoms with van der Waals surface area (Å²) >= 11 is 18.9. The number of carbonyl (C=O) groups excluding carboxylic acids is 2. The van der Waals surface area contributed by atoms with Gasteiger partial charge in [0.05, 0.1) is 15.6 Å². The predicted octanol–water partition coefficient (Wildman–Crippen LogP) is 6.42. The van der Waals surface area contributed by atoms with Crippen LogP contribution in [-0.4, -0.2) is 44.3 Å². The van der Waals surface area contributed by atoms with Crippen molar-refractivity contribution in [1.29, 1.82) is 0 Å². The van der Waals surface area contributed by atoms with Gasteiger partial charge in [0.2, 0.25) is 11.8 Å². The van der Waals surface area contributed by atoms with E-state index in [0.717, 1.165) is 4.31 Å². The number of amides is 2. The number of halogens is 3. The van der Waals surface area contributed by atoms with E-state index in [9.17, 15) is 18.0 Å². The zero-order valence-corrected chi connectivity index (χ0v) is 25.6. The van der Waals surface area contributed by atoms with Crippen molar-refractivity contribution in [3.05, 3.63) is 93.4 Å². The molecular formula is C29H32Cl3N3O4S. The van der Waals surface area contributed by atoms with Crippen LogP contribution in [0.4, 0.5) is 5.69 Å². The Morgan fingerprint density at radius 3 is 2.15 bits per heavy atom. The molecule has 0 aromatic heterocycles. The average Bonchev–Trinajstić information content (AvgIpc) is 2.92. The van der Waals surface area contributed by atoms with Gasteiger partial charge in [0.1, 0.15) is 12.6 Å². The van der Waals surface area contributed by atoms with Gasteiger partial charge >= 0.3 is 0 Å². The van der Waals surface area contributed by atoms with Gasteiger partial charge in [-0.25, -0.2) is 8.42 Å². The van der Waals surface area contributed by atoms with Crippen molar-refractivity contribution in [3.8, 4) is 0 Å². The Morgan fingerprint density at radius 2 is 1.55 bits per heavy atom. The first kappa shape index (κ1) is 31.7. The Bertz CT molecular complexity index is 1440. The second kappa shape index (κ2) is 14.2. The number of benzene rings is 3. The maximum absolute atomic E-state index is 14.1. The van der Waals surface area contributed by atoms with E-state index >= 15 is 0 Å². The fourth-order valence-corrected chi connectivity index (χ4v) is 6.28. The van der Waals surface area contributed by atoms with Crippen LogP contribution in [0, 0.1) is 5.92 Å². The predicted molar refractivity (Wildman–Crippen MR) is 161 cm³/mol. The van der Waals surface area contributed by atoms with Crippen LogP contribution in [0.2, 0.25) is 15.1 Å². The van der Waals surface area contributed by atoms with Crippen molar-refractivity contribution in [3.63, 3.8) is 0 Å². The fraction of sp³-hybridized carbons (Fsp3) is 0.310. The van der Waals surface area contributed by atoms with Crippen LogP contribution >= 0.6 is 34.8 Å². The Hall–Kier alpha value is -2.78. The van der Waals surface area contributed by atoms with Crippen LogP contribution in [0.15, 0.2) is 77.7 Å². The smallest absolute Gasteiger partial charge is 0.264 e. The quantitative estimate of drug-likeness (QED) is 0.252. The summed E-state index contributed by atoms with van der Waals surface area (Å²) in [5, 5.41) is 3.68. The van der Waals surface area contributed by atoms with Crippen LogP contribution in [0.1, 0.15) is 32.8 Å². The molecule has 3 aromatic carbocycles. The number of hydrogen-bond acceptors (Lipinski definition) is 4. The first-order valence-electron chi connectivity index (χ1n) is 12.8. The van der Waals surface area contributed by atoms with Gasteiger partial charge in [0, 0.05) is 23.1 Å². The van der Waals surface area contributed by atoms with E-state index in [1.165, 1.54) is 35.2 Å². The summed E-state index contributed by atoms with van der Waals surface area (Å²) in [7, 11) is -4.24. The van der Waals surface area contributed by atoms with E-state index in [1.807, 2.05) is 13.8 Å². The molecular weight excluding hydrogens is 593 g/mol. The molecule has 0 saturated carbocycles. The molecule has 3 rings (SSSR count). The lowest BCUT2D eigenvalue weighted by Gasteiger charge is -2.33. The number of carbonyl (C=O) groups is 2. The molecule has 40 heavy (non-hydrogen) atoms. The zero-order valence-electron chi connectivity index (χ0n) is 22.5. The number of sulfonamides is 1. The molecule has 0 bridgehead atoms. The lowest BCUT2D eigenvalue weighted by molar-refractivity contribution is -0.140. The molecule has 0 heterocycles. The van der Waals surface area contributed by atoms with Gasteiger partial charge in [-0.15, -0.1) is 0 Å². The maximum atomic E-state index is 14.1. The first-order chi connectivity index (χ1) is 18.9. The average molecular weight is 625 g/mol. The number of nitrogens with zero attached hydrogens (tertiary/aromatic N) is 2. The van der Waals surface area contributed by atoms with Crippen molar-refractivity contribution in [1.82, 2.24) is 10.2 Å². The van der Waals surface area contributed by atoms with E-state index < -0.39 is 28.5 Å². The molecule has 11 heteroatoms. The molecule has 0 aliphatic heterocycles. The van der Waals surface area contributed by atoms with E-state index in [-0.39, 0.29) is 34.0 Å². The minimum atomic E-state index is -4.24. The summed E-state index contributed by atoms with van der Waals surface area (Å²) in [6, 6.07) is 18.2. The van der Waals surface area contributed by atoms with Crippen molar-refractivity contribution in [2.24, 2.45) is 5.92 Å². The number of rotatable bonds is 12. The number of nitrogens with one attached hydrogen (secondary N) is 1. The highest BCUT2D eigenvalue weighted by atomic mass is 35.5. The molecule has 1 atom stereocenters. The van der Waals surface area contributed by atoms with Crippen molar-refractivity contribution < 1.29 is 18.0 Å². The lowest BCUT2D eigenvalue weighted by Crippen LogP contribution is -2.52. The largest absolute Gasteiger partial charge is 0.354 e. The van der Waals surface area contributed by atoms with Gasteiger partial charge in [-0.1, -0.05) is 92.0 Å². The van der Waals surface area contributed by atoms with Crippen molar-refractivity contribution in [2.75, 3.05) is 17.4 Å². The number of anilines is 1. The van der Waals surface area contributed by atoms with Crippen molar-refractivity contribution in [2.45, 2.75) is 44.7 Å². The normalized spacial score (nSPS) is 12.2. The third-order valence-electron chi connectivity index (χ3n) is 6.16. The summed E-state index contributed by atoms with van der Waals surface area (Å²) < 4.78 is 28.7. The lowest BCUT2D eigenvalue weighted by atomic mass is 10.1. The molecule has 214 valence electrons. The molecule has 0 radical (unpaired) electrons. The molecule has 7 nitrogen and oxygen atoms in total. The topological polar surface area (TPSA) is 86.8 Å². The van der Waals surface area contributed by atoms with E-state index in [2.05, 4.69) is 5.32 Å². The van der Waals surface area contributed by atoms with E-state index in [4.69, 9.17) is 34.8 Å². The Labute approximate surface area is 251 Å². The van der Waals surface area contributed by atoms with E-state index in [1.54, 1.807) is 49.4 Å². The highest BCUT2D eigenvalue weighted by Gasteiger charge is 2.34. The second-order valence-electron chi connectivity index (χ2n) is 9.60. The minimum absolute atomic E-state index is 0.000311. The molecule has 0 aliphatic rings. The maximum Gasteiger partial charge on any atom is 0.264 e. The van der Waals surface area contributed by atoms with Gasteiger partial charge in [0.15, 0.2) is 0 Å². The van der Waals surface area contributed by atoms with Gasteiger partial charge < -0.3 is 10.2 Å². The molecule has 0 aliphatic carbocycles. The molecule has 2 amide bonds. The summed E-state index contributed by atoms with van der Waals surface area (Å²) in [5.74, 6) is -0.733. The first-order valence-corrected chi connectivity index (χ1v) is 15.4. The summed E-state index contributed by atoms with van der Waals surface area (Å²) in [6.45, 7) is 5.54. The van der Waals surface area contributed by atoms with Gasteiger partial charge in [-0.2, -0.15) is 0 Å². The van der Waals surface area contributed by atoms with Crippen LogP contribution in [0.5, 0.6) is 0 Å². The third kappa shape index (κ3) is 7.91. The van der Waals surface area contributed by atoms with Gasteiger partial charge in [0.25, 0.3) is 10.0 Å². The van der Waals surface area contributed by atoms with Crippen molar-refractivity contribution >= 4 is 62.3 Å². The molecule has 0 spiro atoms. The summed E-state index contributed by atoms with van der Waals surface area (Å²) in [4.78, 5) is 28.7. The summed E-state index contributed by atoms with van der Waals surface area (Å²) in [5.41, 5.74) is 0.702. The molecule has 0 saturated heterocycles. The SMILES string of the molecule is CC[C@H](C(=O)NCC(C)C)N(Cc1ccccc1Cl)C(=O)CN(c1ccc(Cl)cc1Cl)S(=O)(=O)c1ccccc1. The minimum Gasteiger partial charge on any atom is -0.354 e. The second-order valence-corrected chi connectivity index (χ2v) is 12.7. The van der Waals surface area contributed by atoms with Crippen LogP contribution in [0.3, 0.4) is 0 Å². The highest BCUT2D eigenvalue weighted by molar-refractivity contribution is 7.92. The highest BCUT2D eigenvalue weighted by Crippen LogP contribution is 2.33. The summed E-state index contributed by atoms with van der Waals surface area (Å²) in [6.07, 6.45) is 0.299. The Balaban J connectivity index is 2.08. The van der Waals surface area contributed by atoms with Gasteiger partial charge in [-0.05, 0) is 54.3 Å². The monoisotopic (exact) mass is 623 g/mol. The zero-order chi connectivity index (χ0) is 29.4. The molecule has 0 fully saturated rings. The molecule has 1 N–H and O–H groups in total. The van der Waals surface area contributed by atoms with Crippen LogP contribution in [0.25, 0.3) is 0 Å². The fourth-order valence-electron chi connectivity index (χ4n) is 4.07. The van der Waals surface area contributed by atoms with E-state index in [0.29, 0.717) is 28.6 Å². The third-order valence-corrected chi connectivity index (χ3v) is 8.84.